The van der Waals surface area contributed by atoms with E-state index >= 15 is 0 Å². The van der Waals surface area contributed by atoms with Gasteiger partial charge in [0.25, 0.3) is 0 Å². The third-order valence-corrected chi connectivity index (χ3v) is 3.96. The van der Waals surface area contributed by atoms with Crippen molar-refractivity contribution >= 4 is 10.9 Å². The molecule has 0 saturated carbocycles. The first kappa shape index (κ1) is 13.8. The Bertz CT molecular complexity index is 745. The van der Waals surface area contributed by atoms with Gasteiger partial charge in [0.1, 0.15) is 0 Å². The van der Waals surface area contributed by atoms with Crippen LogP contribution in [0, 0.1) is 5.92 Å². The van der Waals surface area contributed by atoms with Gasteiger partial charge in [0, 0.05) is 29.7 Å². The zero-order valence-corrected chi connectivity index (χ0v) is 12.4. The van der Waals surface area contributed by atoms with Crippen LogP contribution in [0.15, 0.2) is 49.1 Å². The van der Waals surface area contributed by atoms with Crippen molar-refractivity contribution in [2.75, 3.05) is 6.54 Å². The molecule has 0 saturated heterocycles. The Balaban J connectivity index is 2.09. The van der Waals surface area contributed by atoms with Gasteiger partial charge in [-0.2, -0.15) is 0 Å². The van der Waals surface area contributed by atoms with Crippen LogP contribution in [0.25, 0.3) is 16.6 Å². The summed E-state index contributed by atoms with van der Waals surface area (Å²) in [5, 5.41) is 1.13. The van der Waals surface area contributed by atoms with E-state index in [-0.39, 0.29) is 0 Å². The van der Waals surface area contributed by atoms with Crippen LogP contribution in [0.4, 0.5) is 0 Å². The summed E-state index contributed by atoms with van der Waals surface area (Å²) < 4.78 is 2.09. The maximum atomic E-state index is 5.95. The third kappa shape index (κ3) is 2.54. The second-order valence-corrected chi connectivity index (χ2v) is 5.66. The molecule has 3 aromatic rings. The zero-order valence-electron chi connectivity index (χ0n) is 12.4. The molecule has 4 heteroatoms. The summed E-state index contributed by atoms with van der Waals surface area (Å²) in [5.41, 5.74) is 9.12. The molecule has 0 fully saturated rings. The van der Waals surface area contributed by atoms with Crippen molar-refractivity contribution in [3.05, 3.63) is 54.7 Å². The minimum atomic E-state index is 0.291. The summed E-state index contributed by atoms with van der Waals surface area (Å²) in [4.78, 5) is 8.84. The molecule has 3 rings (SSSR count). The van der Waals surface area contributed by atoms with Crippen LogP contribution in [0.3, 0.4) is 0 Å². The van der Waals surface area contributed by atoms with E-state index in [4.69, 9.17) is 5.73 Å². The second kappa shape index (κ2) is 5.66. The van der Waals surface area contributed by atoms with Crippen molar-refractivity contribution in [2.45, 2.75) is 19.8 Å². The Kier molecular flexibility index (Phi) is 3.71. The van der Waals surface area contributed by atoms with Gasteiger partial charge >= 0.3 is 0 Å². The molecule has 0 aliphatic carbocycles. The van der Waals surface area contributed by atoms with Crippen LogP contribution in [-0.4, -0.2) is 21.1 Å². The molecular weight excluding hydrogens is 260 g/mol. The number of aromatic nitrogens is 3. The molecule has 0 aliphatic rings. The Morgan fingerprint density at radius 2 is 2.00 bits per heavy atom. The standard InChI is InChI=1S/C17H20N4/c1-12(2)15(8-18)17-10-19-11-21(17)14-7-13-5-3-4-6-16(13)20-9-14/h3-7,9-12,15H,8,18H2,1-2H3. The molecule has 1 atom stereocenters. The molecule has 4 nitrogen and oxygen atoms in total. The molecule has 108 valence electrons. The van der Waals surface area contributed by atoms with E-state index in [9.17, 15) is 0 Å². The number of rotatable bonds is 4. The fourth-order valence-corrected chi connectivity index (χ4v) is 2.72. The lowest BCUT2D eigenvalue weighted by atomic mass is 9.93. The molecule has 1 unspecified atom stereocenters. The third-order valence-electron chi connectivity index (χ3n) is 3.96. The van der Waals surface area contributed by atoms with Gasteiger partial charge < -0.3 is 10.3 Å². The number of fused-ring (bicyclic) bond motifs is 1. The minimum Gasteiger partial charge on any atom is -0.330 e. The Labute approximate surface area is 124 Å². The zero-order chi connectivity index (χ0) is 14.8. The van der Waals surface area contributed by atoms with Crippen LogP contribution in [0.5, 0.6) is 0 Å². The molecule has 2 aromatic heterocycles. The lowest BCUT2D eigenvalue weighted by Gasteiger charge is -2.20. The summed E-state index contributed by atoms with van der Waals surface area (Å²) in [6, 6.07) is 10.3. The summed E-state index contributed by atoms with van der Waals surface area (Å²) in [5.74, 6) is 0.762. The fraction of sp³-hybridized carbons (Fsp3) is 0.294. The lowest BCUT2D eigenvalue weighted by molar-refractivity contribution is 0.490. The molecule has 21 heavy (non-hydrogen) atoms. The van der Waals surface area contributed by atoms with Gasteiger partial charge in [-0.1, -0.05) is 32.0 Å². The number of hydrogen-bond donors (Lipinski definition) is 1. The maximum absolute atomic E-state index is 5.95. The highest BCUT2D eigenvalue weighted by atomic mass is 15.1. The van der Waals surface area contributed by atoms with E-state index in [1.807, 2.05) is 36.9 Å². The van der Waals surface area contributed by atoms with Crippen LogP contribution < -0.4 is 5.73 Å². The average molecular weight is 280 g/mol. The molecule has 0 amide bonds. The summed E-state index contributed by atoms with van der Waals surface area (Å²) >= 11 is 0. The van der Waals surface area contributed by atoms with Gasteiger partial charge in [0.2, 0.25) is 0 Å². The largest absolute Gasteiger partial charge is 0.330 e. The monoisotopic (exact) mass is 280 g/mol. The molecular formula is C17H20N4. The quantitative estimate of drug-likeness (QED) is 0.799. The van der Waals surface area contributed by atoms with E-state index < -0.39 is 0 Å². The summed E-state index contributed by atoms with van der Waals surface area (Å²) in [6.07, 6.45) is 5.64. The predicted molar refractivity (Wildman–Crippen MR) is 85.5 cm³/mol. The highest BCUT2D eigenvalue weighted by molar-refractivity contribution is 5.80. The molecule has 2 N–H and O–H groups in total. The van der Waals surface area contributed by atoms with Gasteiger partial charge in [-0.15, -0.1) is 0 Å². The number of pyridine rings is 1. The highest BCUT2D eigenvalue weighted by Gasteiger charge is 2.19. The van der Waals surface area contributed by atoms with E-state index in [1.165, 1.54) is 0 Å². The molecule has 0 radical (unpaired) electrons. The van der Waals surface area contributed by atoms with Crippen LogP contribution in [0.2, 0.25) is 0 Å². The second-order valence-electron chi connectivity index (χ2n) is 5.66. The number of benzene rings is 1. The Hall–Kier alpha value is -2.20. The number of para-hydroxylation sites is 1. The number of nitrogens with two attached hydrogens (primary N) is 1. The maximum Gasteiger partial charge on any atom is 0.0994 e. The van der Waals surface area contributed by atoms with Crippen LogP contribution >= 0.6 is 0 Å². The topological polar surface area (TPSA) is 56.7 Å². The van der Waals surface area contributed by atoms with Crippen molar-refractivity contribution in [2.24, 2.45) is 11.7 Å². The predicted octanol–water partition coefficient (Wildman–Crippen LogP) is 3.12. The normalized spacial score (nSPS) is 13.0. The van der Waals surface area contributed by atoms with Crippen LogP contribution in [-0.2, 0) is 0 Å². The first-order chi connectivity index (χ1) is 10.2. The highest BCUT2D eigenvalue weighted by Crippen LogP contribution is 2.26. The van der Waals surface area contributed by atoms with E-state index in [2.05, 4.69) is 40.5 Å². The van der Waals surface area contributed by atoms with E-state index in [0.717, 1.165) is 22.3 Å². The number of hydrogen-bond acceptors (Lipinski definition) is 3. The van der Waals surface area contributed by atoms with Crippen molar-refractivity contribution < 1.29 is 0 Å². The first-order valence-corrected chi connectivity index (χ1v) is 7.28. The van der Waals surface area contributed by atoms with Crippen molar-refractivity contribution in [1.82, 2.24) is 14.5 Å². The molecule has 1 aromatic carbocycles. The smallest absolute Gasteiger partial charge is 0.0994 e. The van der Waals surface area contributed by atoms with E-state index in [1.54, 1.807) is 0 Å². The Morgan fingerprint density at radius 3 is 2.76 bits per heavy atom. The SMILES string of the molecule is CC(C)C(CN)c1cncn1-c1cnc2ccccc2c1. The van der Waals surface area contributed by atoms with Crippen LogP contribution in [0.1, 0.15) is 25.5 Å². The molecule has 2 heterocycles. The molecule has 0 spiro atoms. The first-order valence-electron chi connectivity index (χ1n) is 7.28. The molecule has 0 bridgehead atoms. The van der Waals surface area contributed by atoms with Gasteiger partial charge in [-0.05, 0) is 18.1 Å². The fourth-order valence-electron chi connectivity index (χ4n) is 2.72. The number of nitrogens with zero attached hydrogens (tertiary/aromatic N) is 3. The lowest BCUT2D eigenvalue weighted by Crippen LogP contribution is -2.20. The van der Waals surface area contributed by atoms with Gasteiger partial charge in [-0.25, -0.2) is 4.98 Å². The Morgan fingerprint density at radius 1 is 1.19 bits per heavy atom. The van der Waals surface area contributed by atoms with Crippen molar-refractivity contribution in [1.29, 1.82) is 0 Å². The van der Waals surface area contributed by atoms with Gasteiger partial charge in [-0.3, -0.25) is 4.98 Å². The summed E-state index contributed by atoms with van der Waals surface area (Å²) in [6.45, 7) is 4.99. The van der Waals surface area contributed by atoms with Gasteiger partial charge in [0.05, 0.1) is 23.7 Å². The van der Waals surface area contributed by atoms with E-state index in [0.29, 0.717) is 18.4 Å². The molecule has 0 aliphatic heterocycles. The minimum absolute atomic E-state index is 0.291. The summed E-state index contributed by atoms with van der Waals surface area (Å²) in [7, 11) is 0. The average Bonchev–Trinajstić information content (AvgIpc) is 2.96. The number of imidazole rings is 1. The van der Waals surface area contributed by atoms with Gasteiger partial charge in [0.15, 0.2) is 0 Å². The van der Waals surface area contributed by atoms with Crippen molar-refractivity contribution in [3.8, 4) is 5.69 Å². The van der Waals surface area contributed by atoms with Crippen molar-refractivity contribution in [3.63, 3.8) is 0 Å².